The maximum absolute atomic E-state index is 10.9. The fourth-order valence-corrected chi connectivity index (χ4v) is 2.44. The number of phenolic OH excluding ortho intramolecular Hbond substituents is 1. The third-order valence-corrected chi connectivity index (χ3v) is 3.59. The summed E-state index contributed by atoms with van der Waals surface area (Å²) < 4.78 is 0. The Morgan fingerprint density at radius 1 is 1.50 bits per heavy atom. The lowest BCUT2D eigenvalue weighted by Crippen LogP contribution is -2.26. The van der Waals surface area contributed by atoms with E-state index in [-0.39, 0.29) is 11.8 Å². The van der Waals surface area contributed by atoms with Crippen molar-refractivity contribution in [1.29, 1.82) is 0 Å². The minimum atomic E-state index is -0.728. The molecule has 1 aromatic rings. The first-order valence-electron chi connectivity index (χ1n) is 5.62. The molecule has 3 heteroatoms. The van der Waals surface area contributed by atoms with Crippen LogP contribution in [-0.2, 0) is 17.6 Å². The molecule has 0 radical (unpaired) electrons. The van der Waals surface area contributed by atoms with Crippen LogP contribution in [-0.4, -0.2) is 16.2 Å². The van der Waals surface area contributed by atoms with Gasteiger partial charge in [0, 0.05) is 0 Å². The van der Waals surface area contributed by atoms with Gasteiger partial charge in [0.15, 0.2) is 0 Å². The molecule has 0 amide bonds. The molecule has 0 aliphatic heterocycles. The van der Waals surface area contributed by atoms with Gasteiger partial charge in [-0.2, -0.15) is 0 Å². The second-order valence-electron chi connectivity index (χ2n) is 4.54. The molecule has 2 atom stereocenters. The van der Waals surface area contributed by atoms with Crippen LogP contribution in [0.1, 0.15) is 24.5 Å². The van der Waals surface area contributed by atoms with E-state index in [0.29, 0.717) is 5.75 Å². The Morgan fingerprint density at radius 3 is 2.94 bits per heavy atom. The fraction of sp³-hybridized carbons (Fsp3) is 0.462. The number of carboxylic acid groups (broad SMARTS) is 1. The SMILES string of the molecule is CC(C(=O)O)C1CCc2c(O)cccc2C1. The first-order chi connectivity index (χ1) is 7.59. The van der Waals surface area contributed by atoms with Crippen LogP contribution in [0, 0.1) is 11.8 Å². The molecule has 86 valence electrons. The third-order valence-electron chi connectivity index (χ3n) is 3.59. The van der Waals surface area contributed by atoms with Gasteiger partial charge >= 0.3 is 5.97 Å². The molecule has 0 aromatic heterocycles. The molecule has 0 heterocycles. The number of hydrogen-bond donors (Lipinski definition) is 2. The van der Waals surface area contributed by atoms with E-state index in [1.165, 1.54) is 0 Å². The number of phenols is 1. The van der Waals surface area contributed by atoms with Crippen molar-refractivity contribution in [3.8, 4) is 5.75 Å². The molecule has 0 bridgehead atoms. The number of aliphatic carboxylic acids is 1. The fourth-order valence-electron chi connectivity index (χ4n) is 2.44. The van der Waals surface area contributed by atoms with Gasteiger partial charge in [0.25, 0.3) is 0 Å². The third kappa shape index (κ3) is 1.90. The Labute approximate surface area is 94.7 Å². The summed E-state index contributed by atoms with van der Waals surface area (Å²) in [6, 6.07) is 5.50. The molecule has 16 heavy (non-hydrogen) atoms. The predicted molar refractivity (Wildman–Crippen MR) is 60.4 cm³/mol. The van der Waals surface area contributed by atoms with Crippen LogP contribution in [0.3, 0.4) is 0 Å². The minimum Gasteiger partial charge on any atom is -0.508 e. The number of carbonyl (C=O) groups is 1. The van der Waals surface area contributed by atoms with Crippen LogP contribution in [0.2, 0.25) is 0 Å². The van der Waals surface area contributed by atoms with Gasteiger partial charge in [0.05, 0.1) is 5.92 Å². The lowest BCUT2D eigenvalue weighted by Gasteiger charge is -2.27. The molecule has 2 unspecified atom stereocenters. The van der Waals surface area contributed by atoms with Gasteiger partial charge in [-0.25, -0.2) is 0 Å². The van der Waals surface area contributed by atoms with Crippen molar-refractivity contribution in [2.45, 2.75) is 26.2 Å². The normalized spacial score (nSPS) is 21.2. The molecule has 1 aromatic carbocycles. The van der Waals surface area contributed by atoms with Gasteiger partial charge in [-0.15, -0.1) is 0 Å². The van der Waals surface area contributed by atoms with Crippen molar-refractivity contribution in [3.05, 3.63) is 29.3 Å². The summed E-state index contributed by atoms with van der Waals surface area (Å²) >= 11 is 0. The lowest BCUT2D eigenvalue weighted by atomic mass is 9.77. The van der Waals surface area contributed by atoms with Crippen LogP contribution in [0.4, 0.5) is 0 Å². The average molecular weight is 220 g/mol. The maximum Gasteiger partial charge on any atom is 0.306 e. The highest BCUT2D eigenvalue weighted by Gasteiger charge is 2.28. The molecule has 0 fully saturated rings. The Hall–Kier alpha value is -1.51. The van der Waals surface area contributed by atoms with Gasteiger partial charge in [0.2, 0.25) is 0 Å². The zero-order chi connectivity index (χ0) is 11.7. The van der Waals surface area contributed by atoms with Crippen LogP contribution in [0.5, 0.6) is 5.75 Å². The Morgan fingerprint density at radius 2 is 2.25 bits per heavy atom. The summed E-state index contributed by atoms with van der Waals surface area (Å²) in [5, 5.41) is 18.7. The maximum atomic E-state index is 10.9. The number of fused-ring (bicyclic) bond motifs is 1. The Bertz CT molecular complexity index is 412. The smallest absolute Gasteiger partial charge is 0.306 e. The van der Waals surface area contributed by atoms with Crippen molar-refractivity contribution in [3.63, 3.8) is 0 Å². The van der Waals surface area contributed by atoms with E-state index in [4.69, 9.17) is 5.11 Å². The second kappa shape index (κ2) is 4.16. The summed E-state index contributed by atoms with van der Waals surface area (Å²) in [6.07, 6.45) is 2.39. The first kappa shape index (κ1) is 11.0. The molecule has 1 aliphatic carbocycles. The molecule has 2 rings (SSSR count). The van der Waals surface area contributed by atoms with E-state index in [2.05, 4.69) is 0 Å². The quantitative estimate of drug-likeness (QED) is 0.803. The molecule has 0 saturated heterocycles. The monoisotopic (exact) mass is 220 g/mol. The van der Waals surface area contributed by atoms with Crippen molar-refractivity contribution >= 4 is 5.97 Å². The zero-order valence-corrected chi connectivity index (χ0v) is 9.31. The Balaban J connectivity index is 2.21. The number of carboxylic acids is 1. The van der Waals surface area contributed by atoms with Crippen LogP contribution >= 0.6 is 0 Å². The minimum absolute atomic E-state index is 0.187. The van der Waals surface area contributed by atoms with E-state index in [0.717, 1.165) is 30.4 Å². The van der Waals surface area contributed by atoms with Crippen molar-refractivity contribution in [1.82, 2.24) is 0 Å². The van der Waals surface area contributed by atoms with E-state index >= 15 is 0 Å². The highest BCUT2D eigenvalue weighted by atomic mass is 16.4. The largest absolute Gasteiger partial charge is 0.508 e. The average Bonchev–Trinajstić information content (AvgIpc) is 2.28. The van der Waals surface area contributed by atoms with Gasteiger partial charge in [-0.05, 0) is 42.4 Å². The molecule has 0 spiro atoms. The van der Waals surface area contributed by atoms with Gasteiger partial charge in [-0.3, -0.25) is 4.79 Å². The van der Waals surface area contributed by atoms with Gasteiger partial charge in [0.1, 0.15) is 5.75 Å². The van der Waals surface area contributed by atoms with E-state index < -0.39 is 5.97 Å². The number of benzene rings is 1. The van der Waals surface area contributed by atoms with E-state index in [1.807, 2.05) is 12.1 Å². The highest BCUT2D eigenvalue weighted by Crippen LogP contribution is 2.34. The van der Waals surface area contributed by atoms with Gasteiger partial charge < -0.3 is 10.2 Å². The van der Waals surface area contributed by atoms with Crippen molar-refractivity contribution in [2.75, 3.05) is 0 Å². The van der Waals surface area contributed by atoms with Crippen LogP contribution < -0.4 is 0 Å². The van der Waals surface area contributed by atoms with Crippen LogP contribution in [0.15, 0.2) is 18.2 Å². The Kier molecular flexibility index (Phi) is 2.86. The molecule has 0 saturated carbocycles. The first-order valence-corrected chi connectivity index (χ1v) is 5.62. The van der Waals surface area contributed by atoms with E-state index in [1.54, 1.807) is 13.0 Å². The molecule has 2 N–H and O–H groups in total. The molecule has 3 nitrogen and oxygen atoms in total. The standard InChI is InChI=1S/C13H16O3/c1-8(13(15)16)9-5-6-11-10(7-9)3-2-4-12(11)14/h2-4,8-9,14H,5-7H2,1H3,(H,15,16). The zero-order valence-electron chi connectivity index (χ0n) is 9.31. The summed E-state index contributed by atoms with van der Waals surface area (Å²) in [6.45, 7) is 1.76. The summed E-state index contributed by atoms with van der Waals surface area (Å²) in [4.78, 5) is 10.9. The number of hydrogen-bond acceptors (Lipinski definition) is 2. The number of aromatic hydroxyl groups is 1. The van der Waals surface area contributed by atoms with Crippen molar-refractivity contribution in [2.24, 2.45) is 11.8 Å². The summed E-state index contributed by atoms with van der Waals surface area (Å²) in [7, 11) is 0. The molecule has 1 aliphatic rings. The highest BCUT2D eigenvalue weighted by molar-refractivity contribution is 5.70. The van der Waals surface area contributed by atoms with Gasteiger partial charge in [-0.1, -0.05) is 19.1 Å². The summed E-state index contributed by atoms with van der Waals surface area (Å²) in [5.74, 6) is -0.505. The summed E-state index contributed by atoms with van der Waals surface area (Å²) in [5.41, 5.74) is 2.10. The van der Waals surface area contributed by atoms with Crippen molar-refractivity contribution < 1.29 is 15.0 Å². The second-order valence-corrected chi connectivity index (χ2v) is 4.54. The molecular weight excluding hydrogens is 204 g/mol. The predicted octanol–water partition coefficient (Wildman–Crippen LogP) is 2.22. The number of rotatable bonds is 2. The molecular formula is C13H16O3. The van der Waals surface area contributed by atoms with E-state index in [9.17, 15) is 9.90 Å². The lowest BCUT2D eigenvalue weighted by molar-refractivity contribution is -0.143. The topological polar surface area (TPSA) is 57.5 Å². The van der Waals surface area contributed by atoms with Crippen LogP contribution in [0.25, 0.3) is 0 Å².